The highest BCUT2D eigenvalue weighted by Crippen LogP contribution is 2.28. The van der Waals surface area contributed by atoms with Gasteiger partial charge in [0.25, 0.3) is 0 Å². The highest BCUT2D eigenvalue weighted by molar-refractivity contribution is 5.68. The first-order valence-electron chi connectivity index (χ1n) is 10.1. The van der Waals surface area contributed by atoms with Crippen LogP contribution in [0.4, 0.5) is 5.82 Å². The second-order valence-electron chi connectivity index (χ2n) is 8.72. The van der Waals surface area contributed by atoms with Crippen molar-refractivity contribution in [1.82, 2.24) is 4.98 Å². The van der Waals surface area contributed by atoms with Crippen molar-refractivity contribution in [2.45, 2.75) is 52.1 Å². The van der Waals surface area contributed by atoms with Gasteiger partial charge in [-0.2, -0.15) is 0 Å². The predicted octanol–water partition coefficient (Wildman–Crippen LogP) is 4.40. The number of benzene rings is 1. The van der Waals surface area contributed by atoms with Crippen LogP contribution in [0.5, 0.6) is 5.75 Å². The molecule has 3 N–H and O–H groups in total. The molecule has 1 aromatic carbocycles. The molecule has 2 atom stereocenters. The third kappa shape index (κ3) is 5.94. The molecule has 1 aromatic heterocycles. The number of ether oxygens (including phenoxy) is 2. The van der Waals surface area contributed by atoms with Crippen molar-refractivity contribution < 1.29 is 9.47 Å². The van der Waals surface area contributed by atoms with Crippen molar-refractivity contribution in [1.29, 1.82) is 0 Å². The summed E-state index contributed by atoms with van der Waals surface area (Å²) >= 11 is 0. The number of nitrogens with two attached hydrogens (primary N) is 1. The molecular formula is C23H33N3O2. The summed E-state index contributed by atoms with van der Waals surface area (Å²) in [6, 6.07) is 10.8. The smallest absolute Gasteiger partial charge is 0.126 e. The predicted molar refractivity (Wildman–Crippen MR) is 115 cm³/mol. The zero-order valence-electron chi connectivity index (χ0n) is 17.5. The van der Waals surface area contributed by atoms with E-state index in [1.54, 1.807) is 0 Å². The number of aromatic nitrogens is 1. The van der Waals surface area contributed by atoms with Gasteiger partial charge in [-0.3, -0.25) is 0 Å². The Bertz CT molecular complexity index is 780. The maximum absolute atomic E-state index is 6.11. The van der Waals surface area contributed by atoms with Gasteiger partial charge in [-0.15, -0.1) is 0 Å². The number of pyridine rings is 1. The zero-order chi connectivity index (χ0) is 20.1. The third-order valence-electron chi connectivity index (χ3n) is 4.95. The molecule has 5 nitrogen and oxygen atoms in total. The lowest BCUT2D eigenvalue weighted by Crippen LogP contribution is -2.35. The fourth-order valence-corrected chi connectivity index (χ4v) is 3.73. The molecule has 2 heterocycles. The van der Waals surface area contributed by atoms with Gasteiger partial charge in [0.2, 0.25) is 0 Å². The summed E-state index contributed by atoms with van der Waals surface area (Å²) in [6.07, 6.45) is 3.81. The first kappa shape index (κ1) is 20.6. The molecule has 3 rings (SSSR count). The van der Waals surface area contributed by atoms with E-state index in [9.17, 15) is 0 Å². The summed E-state index contributed by atoms with van der Waals surface area (Å²) < 4.78 is 11.5. The molecule has 0 spiro atoms. The molecule has 1 saturated heterocycles. The van der Waals surface area contributed by atoms with E-state index >= 15 is 0 Å². The summed E-state index contributed by atoms with van der Waals surface area (Å²) in [5.41, 5.74) is 9.38. The van der Waals surface area contributed by atoms with E-state index < -0.39 is 0 Å². The average molecular weight is 384 g/mol. The first-order chi connectivity index (χ1) is 13.3. The van der Waals surface area contributed by atoms with Gasteiger partial charge in [0.1, 0.15) is 11.6 Å². The lowest BCUT2D eigenvalue weighted by Gasteiger charge is -2.23. The summed E-state index contributed by atoms with van der Waals surface area (Å²) in [4.78, 5) is 4.44. The van der Waals surface area contributed by atoms with E-state index in [1.165, 1.54) is 0 Å². The lowest BCUT2D eigenvalue weighted by molar-refractivity contribution is 0.195. The monoisotopic (exact) mass is 383 g/mol. The van der Waals surface area contributed by atoms with Crippen molar-refractivity contribution in [2.24, 2.45) is 11.7 Å². The van der Waals surface area contributed by atoms with E-state index in [0.717, 1.165) is 54.3 Å². The fourth-order valence-electron chi connectivity index (χ4n) is 3.73. The molecule has 0 saturated carbocycles. The number of hydrogen-bond acceptors (Lipinski definition) is 5. The van der Waals surface area contributed by atoms with Crippen LogP contribution < -0.4 is 15.8 Å². The molecule has 5 heteroatoms. The van der Waals surface area contributed by atoms with E-state index in [2.05, 4.69) is 62.3 Å². The van der Waals surface area contributed by atoms with Gasteiger partial charge in [0, 0.05) is 18.3 Å². The van der Waals surface area contributed by atoms with Gasteiger partial charge < -0.3 is 20.5 Å². The van der Waals surface area contributed by atoms with Crippen LogP contribution in [0.3, 0.4) is 0 Å². The van der Waals surface area contributed by atoms with Crippen LogP contribution in [-0.2, 0) is 4.74 Å². The third-order valence-corrected chi connectivity index (χ3v) is 4.95. The summed E-state index contributed by atoms with van der Waals surface area (Å²) in [7, 11) is 0. The lowest BCUT2D eigenvalue weighted by atomic mass is 9.93. The summed E-state index contributed by atoms with van der Waals surface area (Å²) in [5, 5.41) is 3.46. The molecule has 152 valence electrons. The molecular weight excluding hydrogens is 350 g/mol. The number of anilines is 1. The highest BCUT2D eigenvalue weighted by Gasteiger charge is 2.17. The van der Waals surface area contributed by atoms with Gasteiger partial charge >= 0.3 is 0 Å². The number of hydrogen-bond donors (Lipinski definition) is 2. The number of aryl methyl sites for hydroxylation is 1. The molecule has 1 aliphatic heterocycles. The van der Waals surface area contributed by atoms with E-state index in [0.29, 0.717) is 18.6 Å². The van der Waals surface area contributed by atoms with Crippen LogP contribution >= 0.6 is 0 Å². The second kappa shape index (κ2) is 8.93. The maximum atomic E-state index is 6.11. The maximum Gasteiger partial charge on any atom is 0.126 e. The number of rotatable bonds is 8. The standard InChI is InChI=1S/C23H33N3O2/c1-16(13-23(3,4)24)14-28-21-6-5-18(11-17(21)2)19-7-9-25-22(12-19)26-20-8-10-27-15-20/h5-7,9,11-12,16,20H,8,10,13-15,24H2,1-4H3,(H,25,26). The summed E-state index contributed by atoms with van der Waals surface area (Å²) in [5.74, 6) is 2.23. The highest BCUT2D eigenvalue weighted by atomic mass is 16.5. The Balaban J connectivity index is 1.65. The van der Waals surface area contributed by atoms with Crippen molar-refractivity contribution in [2.75, 3.05) is 25.1 Å². The minimum absolute atomic E-state index is 0.167. The topological polar surface area (TPSA) is 69.4 Å². The molecule has 2 unspecified atom stereocenters. The molecule has 0 amide bonds. The molecule has 1 fully saturated rings. The van der Waals surface area contributed by atoms with Crippen LogP contribution in [-0.4, -0.2) is 36.4 Å². The van der Waals surface area contributed by atoms with Crippen molar-refractivity contribution in [3.63, 3.8) is 0 Å². The van der Waals surface area contributed by atoms with Crippen molar-refractivity contribution >= 4 is 5.82 Å². The Hall–Kier alpha value is -2.11. The number of nitrogens with one attached hydrogen (secondary N) is 1. The molecule has 0 bridgehead atoms. The largest absolute Gasteiger partial charge is 0.493 e. The van der Waals surface area contributed by atoms with E-state index in [4.69, 9.17) is 15.2 Å². The molecule has 28 heavy (non-hydrogen) atoms. The SMILES string of the molecule is Cc1cc(-c2ccnc(NC3CCOC3)c2)ccc1OCC(C)CC(C)(C)N. The Kier molecular flexibility index (Phi) is 6.57. The normalized spacial score (nSPS) is 18.1. The van der Waals surface area contributed by atoms with Crippen molar-refractivity contribution in [3.05, 3.63) is 42.1 Å². The Labute approximate surface area is 168 Å². The van der Waals surface area contributed by atoms with Gasteiger partial charge in [-0.25, -0.2) is 4.98 Å². The van der Waals surface area contributed by atoms with Crippen molar-refractivity contribution in [3.8, 4) is 16.9 Å². The Morgan fingerprint density at radius 2 is 2.07 bits per heavy atom. The summed E-state index contributed by atoms with van der Waals surface area (Å²) in [6.45, 7) is 10.6. The Morgan fingerprint density at radius 3 is 2.75 bits per heavy atom. The first-order valence-corrected chi connectivity index (χ1v) is 10.1. The second-order valence-corrected chi connectivity index (χ2v) is 8.72. The van der Waals surface area contributed by atoms with Gasteiger partial charge in [0.05, 0.1) is 19.3 Å². The average Bonchev–Trinajstić information content (AvgIpc) is 3.12. The minimum atomic E-state index is -0.167. The molecule has 1 aliphatic rings. The Morgan fingerprint density at radius 1 is 1.29 bits per heavy atom. The zero-order valence-corrected chi connectivity index (χ0v) is 17.5. The van der Waals surface area contributed by atoms with Gasteiger partial charge in [-0.1, -0.05) is 13.0 Å². The van der Waals surface area contributed by atoms with Crippen LogP contribution in [0, 0.1) is 12.8 Å². The van der Waals surface area contributed by atoms with E-state index in [-0.39, 0.29) is 5.54 Å². The molecule has 0 radical (unpaired) electrons. The van der Waals surface area contributed by atoms with Crippen LogP contribution in [0.15, 0.2) is 36.5 Å². The quantitative estimate of drug-likeness (QED) is 0.707. The van der Waals surface area contributed by atoms with Crippen LogP contribution in [0.2, 0.25) is 0 Å². The minimum Gasteiger partial charge on any atom is -0.493 e. The van der Waals surface area contributed by atoms with Gasteiger partial charge in [-0.05, 0) is 80.5 Å². The fraction of sp³-hybridized carbons (Fsp3) is 0.522. The molecule has 2 aromatic rings. The van der Waals surface area contributed by atoms with Crippen LogP contribution in [0.25, 0.3) is 11.1 Å². The van der Waals surface area contributed by atoms with Crippen LogP contribution in [0.1, 0.15) is 39.2 Å². The van der Waals surface area contributed by atoms with Gasteiger partial charge in [0.15, 0.2) is 0 Å². The molecule has 0 aliphatic carbocycles. The van der Waals surface area contributed by atoms with E-state index in [1.807, 2.05) is 12.3 Å². The number of nitrogens with zero attached hydrogens (tertiary/aromatic N) is 1.